The predicted octanol–water partition coefficient (Wildman–Crippen LogP) is 0.352. The molecule has 0 bridgehead atoms. The summed E-state index contributed by atoms with van der Waals surface area (Å²) in [5, 5.41) is 4.04. The number of imidazole rings is 1. The molecule has 2 aromatic rings. The van der Waals surface area contributed by atoms with Gasteiger partial charge in [-0.3, -0.25) is 4.68 Å². The molecule has 1 aliphatic heterocycles. The predicted molar refractivity (Wildman–Crippen MR) is 78.5 cm³/mol. The number of hydrogen-bond donors (Lipinski definition) is 1. The van der Waals surface area contributed by atoms with E-state index in [2.05, 4.69) is 14.8 Å². The van der Waals surface area contributed by atoms with Gasteiger partial charge in [-0.05, 0) is 18.9 Å². The topological polar surface area (TPSA) is 91.0 Å². The summed E-state index contributed by atoms with van der Waals surface area (Å²) in [6.07, 6.45) is 6.08. The minimum atomic E-state index is -3.65. The number of rotatable bonds is 4. The number of nitrogens with zero attached hydrogens (tertiary/aromatic N) is 4. The van der Waals surface area contributed by atoms with E-state index in [1.54, 1.807) is 13.2 Å². The maximum Gasteiger partial charge on any atom is 0.258 e. The highest BCUT2D eigenvalue weighted by atomic mass is 32.2. The van der Waals surface area contributed by atoms with Gasteiger partial charge in [-0.25, -0.2) is 18.1 Å². The van der Waals surface area contributed by atoms with E-state index in [0.717, 1.165) is 12.2 Å². The largest absolute Gasteiger partial charge is 0.369 e. The molecule has 0 aromatic carbocycles. The first-order chi connectivity index (χ1) is 10.5. The first-order valence-electron chi connectivity index (χ1n) is 7.08. The number of sulfonamides is 1. The smallest absolute Gasteiger partial charge is 0.258 e. The van der Waals surface area contributed by atoms with Gasteiger partial charge in [0.05, 0.1) is 12.2 Å². The van der Waals surface area contributed by atoms with Crippen LogP contribution in [0.2, 0.25) is 0 Å². The highest BCUT2D eigenvalue weighted by Crippen LogP contribution is 2.28. The Balaban J connectivity index is 1.86. The molecule has 1 saturated heterocycles. The zero-order valence-corrected chi connectivity index (χ0v) is 13.3. The van der Waals surface area contributed by atoms with Gasteiger partial charge >= 0.3 is 0 Å². The van der Waals surface area contributed by atoms with Crippen molar-refractivity contribution in [2.75, 3.05) is 6.61 Å². The maximum absolute atomic E-state index is 12.5. The second kappa shape index (κ2) is 5.82. The molecule has 0 radical (unpaired) electrons. The van der Waals surface area contributed by atoms with Crippen molar-refractivity contribution >= 4 is 10.0 Å². The summed E-state index contributed by atoms with van der Waals surface area (Å²) in [6.45, 7) is 0.599. The molecule has 22 heavy (non-hydrogen) atoms. The molecular formula is C13H19N5O3S. The molecule has 3 rings (SSSR count). The van der Waals surface area contributed by atoms with Gasteiger partial charge in [0, 0.05) is 33.1 Å². The second-order valence-electron chi connectivity index (χ2n) is 5.35. The lowest BCUT2D eigenvalue weighted by Crippen LogP contribution is -2.43. The van der Waals surface area contributed by atoms with Crippen molar-refractivity contribution in [2.45, 2.75) is 30.0 Å². The van der Waals surface area contributed by atoms with Gasteiger partial charge in [0.1, 0.15) is 11.9 Å². The van der Waals surface area contributed by atoms with Gasteiger partial charge in [-0.15, -0.1) is 0 Å². The first-order valence-corrected chi connectivity index (χ1v) is 8.56. The molecule has 0 saturated carbocycles. The standard InChI is InChI=1S/C13H19N5O3S/c1-17-8-7-14-13(17)12-10(4-3-9-21-12)16-22(19,20)11-5-6-15-18(11)2/h5-8,10,12,16H,3-4,9H2,1-2H3/t10-,12-/m0/s1. The van der Waals surface area contributed by atoms with E-state index in [0.29, 0.717) is 13.0 Å². The summed E-state index contributed by atoms with van der Waals surface area (Å²) in [5.74, 6) is 0.720. The number of ether oxygens (including phenoxy) is 1. The van der Waals surface area contributed by atoms with Crippen LogP contribution in [0, 0.1) is 0 Å². The molecule has 1 fully saturated rings. The quantitative estimate of drug-likeness (QED) is 0.876. The molecule has 9 heteroatoms. The normalized spacial score (nSPS) is 22.8. The Morgan fingerprint density at radius 3 is 2.82 bits per heavy atom. The van der Waals surface area contributed by atoms with E-state index in [-0.39, 0.29) is 11.1 Å². The summed E-state index contributed by atoms with van der Waals surface area (Å²) in [6, 6.07) is 1.12. The van der Waals surface area contributed by atoms with Crippen molar-refractivity contribution in [3.8, 4) is 0 Å². The molecule has 0 spiro atoms. The van der Waals surface area contributed by atoms with Crippen LogP contribution in [0.5, 0.6) is 0 Å². The van der Waals surface area contributed by atoms with Gasteiger partial charge in [-0.2, -0.15) is 5.10 Å². The molecule has 1 N–H and O–H groups in total. The monoisotopic (exact) mass is 325 g/mol. The van der Waals surface area contributed by atoms with Crippen LogP contribution in [0.15, 0.2) is 29.7 Å². The van der Waals surface area contributed by atoms with Gasteiger partial charge in [0.25, 0.3) is 10.0 Å². The van der Waals surface area contributed by atoms with Crippen LogP contribution >= 0.6 is 0 Å². The number of aryl methyl sites for hydroxylation is 2. The molecule has 2 aromatic heterocycles. The minimum absolute atomic E-state index is 0.136. The fourth-order valence-electron chi connectivity index (χ4n) is 2.69. The first kappa shape index (κ1) is 15.2. The average molecular weight is 325 g/mol. The molecule has 0 aliphatic carbocycles. The van der Waals surface area contributed by atoms with Crippen molar-refractivity contribution in [2.24, 2.45) is 14.1 Å². The van der Waals surface area contributed by atoms with Crippen molar-refractivity contribution < 1.29 is 13.2 Å². The van der Waals surface area contributed by atoms with Crippen LogP contribution in [-0.4, -0.2) is 40.4 Å². The van der Waals surface area contributed by atoms with Crippen LogP contribution in [-0.2, 0) is 28.9 Å². The third kappa shape index (κ3) is 2.79. The molecule has 0 unspecified atom stereocenters. The Labute approximate surface area is 129 Å². The van der Waals surface area contributed by atoms with Gasteiger partial charge in [0.15, 0.2) is 5.03 Å². The molecule has 1 aliphatic rings. The summed E-state index contributed by atoms with van der Waals surface area (Å²) in [4.78, 5) is 4.29. The fourth-order valence-corrected chi connectivity index (χ4v) is 4.09. The average Bonchev–Trinajstić information content (AvgIpc) is 3.08. The van der Waals surface area contributed by atoms with Crippen LogP contribution < -0.4 is 4.72 Å². The number of nitrogens with one attached hydrogen (secondary N) is 1. The van der Waals surface area contributed by atoms with E-state index < -0.39 is 16.1 Å². The van der Waals surface area contributed by atoms with Gasteiger partial charge < -0.3 is 9.30 Å². The van der Waals surface area contributed by atoms with E-state index in [9.17, 15) is 8.42 Å². The Morgan fingerprint density at radius 1 is 1.36 bits per heavy atom. The van der Waals surface area contributed by atoms with E-state index in [4.69, 9.17) is 4.74 Å². The van der Waals surface area contributed by atoms with Crippen molar-refractivity contribution in [1.82, 2.24) is 24.1 Å². The van der Waals surface area contributed by atoms with Gasteiger partial charge in [-0.1, -0.05) is 0 Å². The minimum Gasteiger partial charge on any atom is -0.369 e. The molecule has 3 heterocycles. The number of hydrogen-bond acceptors (Lipinski definition) is 5. The van der Waals surface area contributed by atoms with E-state index in [1.165, 1.54) is 16.9 Å². The third-order valence-electron chi connectivity index (χ3n) is 3.79. The molecule has 2 atom stereocenters. The molecule has 0 amide bonds. The summed E-state index contributed by atoms with van der Waals surface area (Å²) in [5.41, 5.74) is 0. The molecular weight excluding hydrogens is 306 g/mol. The molecule has 120 valence electrons. The Bertz CT molecular complexity index is 751. The fraction of sp³-hybridized carbons (Fsp3) is 0.538. The Hall–Kier alpha value is -1.71. The SMILES string of the molecule is Cn1ccnc1[C@H]1OCCC[C@@H]1NS(=O)(=O)c1ccnn1C. The second-order valence-corrected chi connectivity index (χ2v) is 7.01. The third-order valence-corrected chi connectivity index (χ3v) is 5.36. The Morgan fingerprint density at radius 2 is 2.18 bits per heavy atom. The van der Waals surface area contributed by atoms with Crippen LogP contribution in [0.4, 0.5) is 0 Å². The Kier molecular flexibility index (Phi) is 4.02. The molecule has 8 nitrogen and oxygen atoms in total. The van der Waals surface area contributed by atoms with E-state index in [1.807, 2.05) is 17.8 Å². The van der Waals surface area contributed by atoms with Crippen molar-refractivity contribution in [3.63, 3.8) is 0 Å². The van der Waals surface area contributed by atoms with Gasteiger partial charge in [0.2, 0.25) is 0 Å². The van der Waals surface area contributed by atoms with E-state index >= 15 is 0 Å². The zero-order valence-electron chi connectivity index (χ0n) is 12.5. The summed E-state index contributed by atoms with van der Waals surface area (Å²) in [7, 11) is -0.183. The highest BCUT2D eigenvalue weighted by molar-refractivity contribution is 7.89. The lowest BCUT2D eigenvalue weighted by atomic mass is 10.0. The zero-order chi connectivity index (χ0) is 15.7. The van der Waals surface area contributed by atoms with Crippen molar-refractivity contribution in [1.29, 1.82) is 0 Å². The van der Waals surface area contributed by atoms with Crippen LogP contribution in [0.25, 0.3) is 0 Å². The van der Waals surface area contributed by atoms with Crippen molar-refractivity contribution in [3.05, 3.63) is 30.5 Å². The summed E-state index contributed by atoms with van der Waals surface area (Å²) >= 11 is 0. The van der Waals surface area contributed by atoms with Crippen LogP contribution in [0.1, 0.15) is 24.8 Å². The van der Waals surface area contributed by atoms with Crippen LogP contribution in [0.3, 0.4) is 0 Å². The summed E-state index contributed by atoms with van der Waals surface area (Å²) < 4.78 is 36.8. The highest BCUT2D eigenvalue weighted by Gasteiger charge is 2.34. The lowest BCUT2D eigenvalue weighted by Gasteiger charge is -2.31. The lowest BCUT2D eigenvalue weighted by molar-refractivity contribution is -0.0112. The maximum atomic E-state index is 12.5. The number of aromatic nitrogens is 4.